The first-order valence-corrected chi connectivity index (χ1v) is 13.6. The van der Waals surface area contributed by atoms with Gasteiger partial charge in [0.2, 0.25) is 23.1 Å². The molecule has 0 bridgehead atoms. The molecule has 3 aliphatic heterocycles. The van der Waals surface area contributed by atoms with Crippen LogP contribution in [0.4, 0.5) is 28.1 Å². The number of thioether (sulfide) groups is 1. The van der Waals surface area contributed by atoms with Gasteiger partial charge in [0.25, 0.3) is 0 Å². The van der Waals surface area contributed by atoms with Crippen LogP contribution in [0.25, 0.3) is 0 Å². The highest BCUT2D eigenvalue weighted by Crippen LogP contribution is 2.33. The van der Waals surface area contributed by atoms with Gasteiger partial charge in [-0.1, -0.05) is 6.42 Å². The lowest BCUT2D eigenvalue weighted by molar-refractivity contribution is -0.116. The molecule has 36 heavy (non-hydrogen) atoms. The van der Waals surface area contributed by atoms with E-state index in [0.29, 0.717) is 49.9 Å². The number of rotatable bonds is 9. The number of hydrogen-bond acceptors (Lipinski definition) is 9. The smallest absolute Gasteiger partial charge is 0.315 e. The molecule has 0 unspecified atom stereocenters. The first kappa shape index (κ1) is 24.8. The SMILES string of the molecule is O=C(CCCC[C@@H]1SC[C@@H]2NC(=O)N[C@@H]21)Nc1ccc(Nc2nc(Cl)nc(N3CCOCC3)n2)cc1. The van der Waals surface area contributed by atoms with Crippen molar-refractivity contribution in [1.29, 1.82) is 0 Å². The van der Waals surface area contributed by atoms with Crippen LogP contribution in [0.15, 0.2) is 24.3 Å². The fourth-order valence-electron chi connectivity index (χ4n) is 4.56. The van der Waals surface area contributed by atoms with Gasteiger partial charge in [0.05, 0.1) is 25.3 Å². The molecule has 0 spiro atoms. The van der Waals surface area contributed by atoms with E-state index in [9.17, 15) is 9.59 Å². The molecule has 2 aromatic rings. The highest BCUT2D eigenvalue weighted by molar-refractivity contribution is 8.00. The third-order valence-corrected chi connectivity index (χ3v) is 8.07. The van der Waals surface area contributed by atoms with Gasteiger partial charge < -0.3 is 30.9 Å². The van der Waals surface area contributed by atoms with Crippen LogP contribution in [-0.2, 0) is 9.53 Å². The van der Waals surface area contributed by atoms with Crippen LogP contribution in [0.1, 0.15) is 25.7 Å². The summed E-state index contributed by atoms with van der Waals surface area (Å²) in [6.07, 6.45) is 3.22. The van der Waals surface area contributed by atoms with Gasteiger partial charge in [-0.3, -0.25) is 4.79 Å². The summed E-state index contributed by atoms with van der Waals surface area (Å²) in [6, 6.07) is 7.74. The Bertz CT molecular complexity index is 1090. The van der Waals surface area contributed by atoms with Crippen LogP contribution in [0, 0.1) is 0 Å². The number of morpholine rings is 1. The topological polar surface area (TPSA) is 133 Å². The molecule has 4 heterocycles. The molecule has 3 amide bonds. The van der Waals surface area contributed by atoms with E-state index >= 15 is 0 Å². The Morgan fingerprint density at radius 2 is 1.89 bits per heavy atom. The van der Waals surface area contributed by atoms with Crippen LogP contribution >= 0.6 is 23.4 Å². The van der Waals surface area contributed by atoms with E-state index in [1.807, 2.05) is 40.9 Å². The monoisotopic (exact) mass is 532 g/mol. The summed E-state index contributed by atoms with van der Waals surface area (Å²) in [4.78, 5) is 38.7. The number of ether oxygens (including phenoxy) is 1. The fourth-order valence-corrected chi connectivity index (χ4v) is 6.26. The van der Waals surface area contributed by atoms with Crippen molar-refractivity contribution in [1.82, 2.24) is 25.6 Å². The van der Waals surface area contributed by atoms with E-state index in [1.54, 1.807) is 0 Å². The summed E-state index contributed by atoms with van der Waals surface area (Å²) in [5, 5.41) is 12.6. The lowest BCUT2D eigenvalue weighted by Crippen LogP contribution is -2.37. The maximum Gasteiger partial charge on any atom is 0.315 e. The molecule has 3 fully saturated rings. The molecular formula is C23H29ClN8O3S. The second-order valence-electron chi connectivity index (χ2n) is 8.95. The molecule has 192 valence electrons. The number of urea groups is 1. The van der Waals surface area contributed by atoms with E-state index in [0.717, 1.165) is 36.4 Å². The number of carbonyl (C=O) groups excluding carboxylic acids is 2. The molecular weight excluding hydrogens is 504 g/mol. The van der Waals surface area contributed by atoms with Crippen LogP contribution in [0.3, 0.4) is 0 Å². The second kappa shape index (κ2) is 11.5. The average Bonchev–Trinajstić information content (AvgIpc) is 3.42. The van der Waals surface area contributed by atoms with E-state index < -0.39 is 0 Å². The van der Waals surface area contributed by atoms with Gasteiger partial charge in [-0.2, -0.15) is 26.7 Å². The maximum atomic E-state index is 12.4. The highest BCUT2D eigenvalue weighted by atomic mass is 35.5. The Morgan fingerprint density at radius 3 is 2.69 bits per heavy atom. The van der Waals surface area contributed by atoms with Crippen LogP contribution in [0.5, 0.6) is 0 Å². The Labute approximate surface area is 218 Å². The summed E-state index contributed by atoms with van der Waals surface area (Å²) in [6.45, 7) is 2.64. The van der Waals surface area contributed by atoms with Crippen molar-refractivity contribution in [2.75, 3.05) is 47.6 Å². The van der Waals surface area contributed by atoms with E-state index in [2.05, 4.69) is 36.2 Å². The number of unbranched alkanes of at least 4 members (excludes halogenated alkanes) is 1. The van der Waals surface area contributed by atoms with Gasteiger partial charge in [0.1, 0.15) is 0 Å². The summed E-state index contributed by atoms with van der Waals surface area (Å²) in [7, 11) is 0. The van der Waals surface area contributed by atoms with Crippen molar-refractivity contribution in [3.8, 4) is 0 Å². The molecule has 3 saturated heterocycles. The number of nitrogens with one attached hydrogen (secondary N) is 4. The number of carbonyl (C=O) groups is 2. The van der Waals surface area contributed by atoms with Crippen molar-refractivity contribution in [3.05, 3.63) is 29.5 Å². The normalized spacial score (nSPS) is 23.1. The number of halogens is 1. The number of aromatic nitrogens is 3. The largest absolute Gasteiger partial charge is 0.378 e. The molecule has 1 aromatic heterocycles. The van der Waals surface area contributed by atoms with E-state index in [4.69, 9.17) is 16.3 Å². The first-order valence-electron chi connectivity index (χ1n) is 12.1. The fraction of sp³-hybridized carbons (Fsp3) is 0.522. The standard InChI is InChI=1S/C23H29ClN8O3S/c24-20-29-21(31-22(30-20)32-9-11-35-12-10-32)26-15-7-5-14(6-8-15)25-18(33)4-2-1-3-17-19-16(13-36-17)27-23(34)28-19/h5-8,16-17,19H,1-4,9-13H2,(H,25,33)(H2,27,28,34)(H,26,29,30,31)/t16-,17-,19-/m0/s1. The van der Waals surface area contributed by atoms with Gasteiger partial charge >= 0.3 is 6.03 Å². The minimum absolute atomic E-state index is 0.0112. The van der Waals surface area contributed by atoms with Crippen molar-refractivity contribution >= 4 is 58.6 Å². The van der Waals surface area contributed by atoms with Crippen LogP contribution in [0.2, 0.25) is 5.28 Å². The van der Waals surface area contributed by atoms with Crippen molar-refractivity contribution in [2.24, 2.45) is 0 Å². The zero-order valence-corrected chi connectivity index (χ0v) is 21.3. The lowest BCUT2D eigenvalue weighted by Gasteiger charge is -2.26. The minimum atomic E-state index is -0.0641. The number of fused-ring (bicyclic) bond motifs is 1. The number of nitrogens with zero attached hydrogens (tertiary/aromatic N) is 4. The van der Waals surface area contributed by atoms with Crippen LogP contribution < -0.4 is 26.2 Å². The van der Waals surface area contributed by atoms with Gasteiger partial charge in [0, 0.05) is 41.9 Å². The highest BCUT2D eigenvalue weighted by Gasteiger charge is 2.42. The molecule has 0 saturated carbocycles. The number of amides is 3. The number of hydrogen-bond donors (Lipinski definition) is 4. The summed E-state index contributed by atoms with van der Waals surface area (Å²) in [5.41, 5.74) is 1.49. The van der Waals surface area contributed by atoms with Gasteiger partial charge in [-0.15, -0.1) is 0 Å². The first-order chi connectivity index (χ1) is 17.5. The molecule has 11 nitrogen and oxygen atoms in total. The van der Waals surface area contributed by atoms with Gasteiger partial charge in [-0.25, -0.2) is 4.79 Å². The molecule has 0 radical (unpaired) electrons. The zero-order chi connectivity index (χ0) is 24.9. The summed E-state index contributed by atoms with van der Waals surface area (Å²) >= 11 is 8.01. The predicted molar refractivity (Wildman–Crippen MR) is 140 cm³/mol. The molecule has 3 aliphatic rings. The Morgan fingerprint density at radius 1 is 1.11 bits per heavy atom. The van der Waals surface area contributed by atoms with Crippen molar-refractivity contribution in [2.45, 2.75) is 43.0 Å². The summed E-state index contributed by atoms with van der Waals surface area (Å²) in [5.74, 6) is 1.81. The number of anilines is 4. The third-order valence-electron chi connectivity index (χ3n) is 6.40. The predicted octanol–water partition coefficient (Wildman–Crippen LogP) is 2.77. The van der Waals surface area contributed by atoms with Crippen molar-refractivity contribution < 1.29 is 14.3 Å². The quantitative estimate of drug-likeness (QED) is 0.284. The third kappa shape index (κ3) is 6.29. The molecule has 5 rings (SSSR count). The van der Waals surface area contributed by atoms with E-state index in [-0.39, 0.29) is 29.3 Å². The Kier molecular flexibility index (Phi) is 7.93. The lowest BCUT2D eigenvalue weighted by atomic mass is 10.0. The molecule has 3 atom stereocenters. The van der Waals surface area contributed by atoms with Crippen LogP contribution in [-0.4, -0.2) is 76.3 Å². The van der Waals surface area contributed by atoms with Gasteiger partial charge in [-0.05, 0) is 48.7 Å². The minimum Gasteiger partial charge on any atom is -0.378 e. The van der Waals surface area contributed by atoms with Gasteiger partial charge in [0.15, 0.2) is 0 Å². The zero-order valence-electron chi connectivity index (χ0n) is 19.7. The van der Waals surface area contributed by atoms with Crippen molar-refractivity contribution in [3.63, 3.8) is 0 Å². The summed E-state index contributed by atoms with van der Waals surface area (Å²) < 4.78 is 5.37. The number of benzene rings is 1. The molecule has 4 N–H and O–H groups in total. The Hall–Kier alpha value is -2.83. The molecule has 1 aromatic carbocycles. The second-order valence-corrected chi connectivity index (χ2v) is 10.6. The Balaban J connectivity index is 1.06. The maximum absolute atomic E-state index is 12.4. The molecule has 0 aliphatic carbocycles. The molecule has 13 heteroatoms. The van der Waals surface area contributed by atoms with E-state index in [1.165, 1.54) is 0 Å². The average molecular weight is 533 g/mol.